The Morgan fingerprint density at radius 1 is 0.758 bits per heavy atom. The number of hydrogen-bond donors (Lipinski definition) is 1. The molecule has 3 aromatic carbocycles. The van der Waals surface area contributed by atoms with Crippen LogP contribution in [0.1, 0.15) is 57.1 Å². The van der Waals surface area contributed by atoms with Gasteiger partial charge in [-0.2, -0.15) is 13.2 Å². The van der Waals surface area contributed by atoms with Crippen molar-refractivity contribution in [2.75, 3.05) is 11.9 Å². The van der Waals surface area contributed by atoms with E-state index in [2.05, 4.69) is 5.32 Å². The molecule has 0 spiro atoms. The third-order valence-corrected chi connectivity index (χ3v) is 5.76. The van der Waals surface area contributed by atoms with Crippen molar-refractivity contribution in [3.8, 4) is 0 Å². The lowest BCUT2D eigenvalue weighted by Gasteiger charge is -2.21. The second kappa shape index (κ2) is 9.48. The Morgan fingerprint density at radius 3 is 1.91 bits per heavy atom. The first-order valence-electron chi connectivity index (χ1n) is 10.8. The molecule has 0 radical (unpaired) electrons. The summed E-state index contributed by atoms with van der Waals surface area (Å²) in [6, 6.07) is 21.3. The largest absolute Gasteiger partial charge is 0.416 e. The number of fused-ring (bicyclic) bond motifs is 1. The van der Waals surface area contributed by atoms with Gasteiger partial charge in [-0.25, -0.2) is 0 Å². The van der Waals surface area contributed by atoms with E-state index in [1.165, 1.54) is 17.0 Å². The maximum absolute atomic E-state index is 12.9. The number of amides is 2. The van der Waals surface area contributed by atoms with Gasteiger partial charge in [-0.05, 0) is 61.2 Å². The summed E-state index contributed by atoms with van der Waals surface area (Å²) in [5, 5.41) is 3.32. The monoisotopic (exact) mass is 452 g/mol. The Labute approximate surface area is 190 Å². The molecule has 0 saturated heterocycles. The first-order chi connectivity index (χ1) is 15.8. The Morgan fingerprint density at radius 2 is 1.33 bits per heavy atom. The first-order valence-corrected chi connectivity index (χ1v) is 10.8. The van der Waals surface area contributed by atoms with Crippen LogP contribution in [0.2, 0.25) is 0 Å². The smallest absolute Gasteiger partial charge is 0.378 e. The van der Waals surface area contributed by atoms with Gasteiger partial charge < -0.3 is 5.32 Å². The lowest BCUT2D eigenvalue weighted by atomic mass is 10.00. The van der Waals surface area contributed by atoms with Gasteiger partial charge in [0, 0.05) is 12.2 Å². The van der Waals surface area contributed by atoms with Gasteiger partial charge in [0.05, 0.1) is 22.7 Å². The van der Waals surface area contributed by atoms with Crippen molar-refractivity contribution >= 4 is 17.5 Å². The number of halogens is 3. The number of carbonyl (C=O) groups is 2. The van der Waals surface area contributed by atoms with E-state index in [-0.39, 0.29) is 17.9 Å². The molecule has 33 heavy (non-hydrogen) atoms. The number of alkyl halides is 3. The van der Waals surface area contributed by atoms with Gasteiger partial charge in [0.25, 0.3) is 11.8 Å². The van der Waals surface area contributed by atoms with E-state index >= 15 is 0 Å². The molecule has 0 aliphatic carbocycles. The van der Waals surface area contributed by atoms with Gasteiger partial charge in [-0.1, -0.05) is 42.5 Å². The molecule has 1 aliphatic heterocycles. The number of imide groups is 1. The number of unbranched alkanes of at least 4 members (excludes halogenated alkanes) is 1. The van der Waals surface area contributed by atoms with Crippen LogP contribution in [-0.4, -0.2) is 23.3 Å². The van der Waals surface area contributed by atoms with Crippen LogP contribution < -0.4 is 5.32 Å². The molecule has 2 amide bonds. The summed E-state index contributed by atoms with van der Waals surface area (Å²) >= 11 is 0. The van der Waals surface area contributed by atoms with Crippen LogP contribution in [0.3, 0.4) is 0 Å². The minimum Gasteiger partial charge on any atom is -0.378 e. The number of carbonyl (C=O) groups excluding carboxylic acids is 2. The average Bonchev–Trinajstić information content (AvgIpc) is 3.06. The lowest BCUT2D eigenvalue weighted by Crippen LogP contribution is -2.30. The van der Waals surface area contributed by atoms with Gasteiger partial charge in [0.15, 0.2) is 0 Å². The van der Waals surface area contributed by atoms with Crippen molar-refractivity contribution in [3.05, 3.63) is 101 Å². The molecular formula is C26H23F3N2O2. The maximum atomic E-state index is 12.9. The van der Waals surface area contributed by atoms with E-state index in [1.807, 2.05) is 30.3 Å². The summed E-state index contributed by atoms with van der Waals surface area (Å²) in [5.41, 5.74) is 1.79. The topological polar surface area (TPSA) is 49.4 Å². The van der Waals surface area contributed by atoms with Crippen LogP contribution in [0.15, 0.2) is 78.9 Å². The van der Waals surface area contributed by atoms with Crippen molar-refractivity contribution in [1.82, 2.24) is 4.90 Å². The van der Waals surface area contributed by atoms with Gasteiger partial charge in [0.1, 0.15) is 0 Å². The Balaban J connectivity index is 1.38. The highest BCUT2D eigenvalue weighted by molar-refractivity contribution is 6.21. The molecule has 4 rings (SSSR count). The van der Waals surface area contributed by atoms with Gasteiger partial charge in [-0.15, -0.1) is 0 Å². The number of nitrogens with zero attached hydrogens (tertiary/aromatic N) is 1. The minimum absolute atomic E-state index is 0.120. The van der Waals surface area contributed by atoms with E-state index in [1.54, 1.807) is 24.3 Å². The van der Waals surface area contributed by atoms with E-state index < -0.39 is 11.7 Å². The van der Waals surface area contributed by atoms with Crippen molar-refractivity contribution in [3.63, 3.8) is 0 Å². The second-order valence-corrected chi connectivity index (χ2v) is 7.99. The summed E-state index contributed by atoms with van der Waals surface area (Å²) in [6.07, 6.45) is -2.33. The number of anilines is 1. The van der Waals surface area contributed by atoms with E-state index in [4.69, 9.17) is 0 Å². The highest BCUT2D eigenvalue weighted by Gasteiger charge is 2.34. The summed E-state index contributed by atoms with van der Waals surface area (Å²) in [4.78, 5) is 26.3. The van der Waals surface area contributed by atoms with Gasteiger partial charge >= 0.3 is 6.18 Å². The van der Waals surface area contributed by atoms with Crippen molar-refractivity contribution in [2.45, 2.75) is 31.5 Å². The zero-order chi connectivity index (χ0) is 23.4. The van der Waals surface area contributed by atoms with Crippen LogP contribution in [0, 0.1) is 0 Å². The second-order valence-electron chi connectivity index (χ2n) is 7.99. The predicted molar refractivity (Wildman–Crippen MR) is 120 cm³/mol. The lowest BCUT2D eigenvalue weighted by molar-refractivity contribution is -0.137. The zero-order valence-electron chi connectivity index (χ0n) is 17.8. The molecule has 1 heterocycles. The van der Waals surface area contributed by atoms with Crippen LogP contribution in [0.5, 0.6) is 0 Å². The summed E-state index contributed by atoms with van der Waals surface area (Å²) < 4.78 is 38.6. The summed E-state index contributed by atoms with van der Waals surface area (Å²) in [6.45, 7) is 0.328. The molecule has 0 fully saturated rings. The molecule has 0 bridgehead atoms. The molecule has 1 N–H and O–H groups in total. The van der Waals surface area contributed by atoms with Crippen molar-refractivity contribution in [2.24, 2.45) is 0 Å². The molecule has 170 valence electrons. The molecule has 1 atom stereocenters. The fourth-order valence-electron chi connectivity index (χ4n) is 4.02. The van der Waals surface area contributed by atoms with Crippen LogP contribution in [0.25, 0.3) is 0 Å². The quantitative estimate of drug-likeness (QED) is 0.321. The highest BCUT2D eigenvalue weighted by atomic mass is 19.4. The Bertz CT molecular complexity index is 1090. The number of rotatable bonds is 8. The van der Waals surface area contributed by atoms with Crippen LogP contribution in [0.4, 0.5) is 18.9 Å². The number of nitrogens with one attached hydrogen (secondary N) is 1. The fraction of sp³-hybridized carbons (Fsp3) is 0.231. The summed E-state index contributed by atoms with van der Waals surface area (Å²) in [7, 11) is 0. The number of benzene rings is 3. The first kappa shape index (κ1) is 22.6. The molecule has 1 unspecified atom stereocenters. The van der Waals surface area contributed by atoms with Crippen LogP contribution >= 0.6 is 0 Å². The molecule has 7 heteroatoms. The number of hydrogen-bond acceptors (Lipinski definition) is 3. The maximum Gasteiger partial charge on any atom is 0.416 e. The third-order valence-electron chi connectivity index (χ3n) is 5.76. The Kier molecular flexibility index (Phi) is 6.49. The fourth-order valence-corrected chi connectivity index (χ4v) is 4.02. The molecule has 4 nitrogen and oxygen atoms in total. The normalized spacial score (nSPS) is 14.3. The molecular weight excluding hydrogens is 429 g/mol. The van der Waals surface area contributed by atoms with E-state index in [0.717, 1.165) is 24.1 Å². The third kappa shape index (κ3) is 5.08. The highest BCUT2D eigenvalue weighted by Crippen LogP contribution is 2.31. The SMILES string of the molecule is O=C1c2ccccc2C(=O)N1CCCCC(Nc1ccc(C(F)(F)F)cc1)c1ccccc1. The van der Waals surface area contributed by atoms with Gasteiger partial charge in [-0.3, -0.25) is 14.5 Å². The molecule has 0 aromatic heterocycles. The molecule has 0 saturated carbocycles. The predicted octanol–water partition coefficient (Wildman–Crippen LogP) is 6.33. The van der Waals surface area contributed by atoms with Crippen molar-refractivity contribution in [1.29, 1.82) is 0 Å². The van der Waals surface area contributed by atoms with Crippen molar-refractivity contribution < 1.29 is 22.8 Å². The molecule has 1 aliphatic rings. The minimum atomic E-state index is -4.37. The average molecular weight is 452 g/mol. The standard InChI is InChI=1S/C26H23F3N2O2/c27-26(28,29)19-13-15-20(16-14-19)30-23(18-8-2-1-3-9-18)12-6-7-17-31-24(32)21-10-4-5-11-22(21)25(31)33/h1-5,8-11,13-16,23,30H,6-7,12,17H2. The van der Waals surface area contributed by atoms with Crippen LogP contribution in [-0.2, 0) is 6.18 Å². The summed E-state index contributed by atoms with van der Waals surface area (Å²) in [5.74, 6) is -0.531. The van der Waals surface area contributed by atoms with Gasteiger partial charge in [0.2, 0.25) is 0 Å². The molecule has 3 aromatic rings. The van der Waals surface area contributed by atoms with E-state index in [9.17, 15) is 22.8 Å². The Hall–Kier alpha value is -3.61. The zero-order valence-corrected chi connectivity index (χ0v) is 17.8. The van der Waals surface area contributed by atoms with E-state index in [0.29, 0.717) is 36.2 Å².